The van der Waals surface area contributed by atoms with E-state index >= 15 is 0 Å². The quantitative estimate of drug-likeness (QED) is 0.338. The van der Waals surface area contributed by atoms with Gasteiger partial charge in [0.05, 0.1) is 12.1 Å². The van der Waals surface area contributed by atoms with Gasteiger partial charge in [0.25, 0.3) is 0 Å². The Morgan fingerprint density at radius 1 is 1.14 bits per heavy atom. The molecule has 2 aromatic rings. The lowest BCUT2D eigenvalue weighted by atomic mass is 9.96. The molecule has 3 atom stereocenters. The van der Waals surface area contributed by atoms with Gasteiger partial charge < -0.3 is 21.5 Å². The number of imide groups is 1. The van der Waals surface area contributed by atoms with E-state index in [9.17, 15) is 19.5 Å². The summed E-state index contributed by atoms with van der Waals surface area (Å²) in [6.07, 6.45) is 1.48. The van der Waals surface area contributed by atoms with Crippen molar-refractivity contribution < 1.29 is 19.5 Å². The number of halogens is 1. The fourth-order valence-corrected chi connectivity index (χ4v) is 4.65. The number of amides is 3. The highest BCUT2D eigenvalue weighted by molar-refractivity contribution is 6.03. The van der Waals surface area contributed by atoms with E-state index < -0.39 is 24.1 Å². The van der Waals surface area contributed by atoms with Crippen molar-refractivity contribution in [2.24, 2.45) is 11.7 Å². The summed E-state index contributed by atoms with van der Waals surface area (Å²) in [6.45, 7) is 4.89. The minimum Gasteiger partial charge on any atom is -0.392 e. The Hall–Kier alpha value is -2.52. The van der Waals surface area contributed by atoms with Crippen LogP contribution in [-0.2, 0) is 20.8 Å². The lowest BCUT2D eigenvalue weighted by molar-refractivity contribution is -0.155. The standard InChI is InChI=1S/C27H38N4O4.ClH/c1-3-19(4-2)26(34)31(27(35)23-16-22(32)17-30-23)24(25(33)29-13-7-12-28)15-18-10-11-20-8-5-6-9-21(20)14-18;/h5-6,8-11,14,19,22-24,30,32H,3-4,7,12-13,15-17,28H2,1-2H3,(H,29,33);1H/t22-,23+,24-;/m1./s1. The molecule has 0 saturated carbocycles. The topological polar surface area (TPSA) is 125 Å². The Labute approximate surface area is 219 Å². The van der Waals surface area contributed by atoms with Crippen LogP contribution in [0, 0.1) is 5.92 Å². The zero-order valence-electron chi connectivity index (χ0n) is 21.1. The number of benzene rings is 2. The summed E-state index contributed by atoms with van der Waals surface area (Å²) in [7, 11) is 0. The maximum absolute atomic E-state index is 13.7. The molecular formula is C27H39ClN4O4. The number of aliphatic hydroxyl groups excluding tert-OH is 1. The van der Waals surface area contributed by atoms with E-state index in [-0.39, 0.29) is 49.5 Å². The SMILES string of the molecule is CCC(CC)C(=O)N(C(=O)[C@@H]1C[C@@H](O)CN1)[C@H](Cc1ccc2ccccc2c1)C(=O)NCCCN.Cl. The molecular weight excluding hydrogens is 480 g/mol. The first-order valence-corrected chi connectivity index (χ1v) is 12.6. The van der Waals surface area contributed by atoms with Crippen LogP contribution >= 0.6 is 12.4 Å². The van der Waals surface area contributed by atoms with E-state index in [2.05, 4.69) is 10.6 Å². The van der Waals surface area contributed by atoms with Crippen molar-refractivity contribution in [2.45, 2.75) is 64.1 Å². The third-order valence-corrected chi connectivity index (χ3v) is 6.75. The van der Waals surface area contributed by atoms with E-state index in [1.807, 2.05) is 56.3 Å². The molecule has 0 spiro atoms. The number of hydrogen-bond donors (Lipinski definition) is 4. The maximum atomic E-state index is 13.7. The van der Waals surface area contributed by atoms with Crippen molar-refractivity contribution >= 4 is 40.9 Å². The lowest BCUT2D eigenvalue weighted by Gasteiger charge is -2.33. The van der Waals surface area contributed by atoms with Crippen molar-refractivity contribution in [3.63, 3.8) is 0 Å². The zero-order valence-corrected chi connectivity index (χ0v) is 21.9. The molecule has 1 aliphatic rings. The summed E-state index contributed by atoms with van der Waals surface area (Å²) in [5.41, 5.74) is 6.45. The van der Waals surface area contributed by atoms with Crippen LogP contribution in [-0.4, -0.2) is 65.5 Å². The second-order valence-corrected chi connectivity index (χ2v) is 9.24. The van der Waals surface area contributed by atoms with Gasteiger partial charge in [-0.2, -0.15) is 0 Å². The summed E-state index contributed by atoms with van der Waals surface area (Å²) >= 11 is 0. The molecule has 0 unspecified atom stereocenters. The van der Waals surface area contributed by atoms with E-state index in [0.29, 0.717) is 32.4 Å². The van der Waals surface area contributed by atoms with Gasteiger partial charge in [-0.3, -0.25) is 19.3 Å². The molecule has 5 N–H and O–H groups in total. The second-order valence-electron chi connectivity index (χ2n) is 9.24. The second kappa shape index (κ2) is 14.3. The third kappa shape index (κ3) is 7.26. The number of nitrogens with one attached hydrogen (secondary N) is 2. The highest BCUT2D eigenvalue weighted by Gasteiger charge is 2.41. The largest absolute Gasteiger partial charge is 0.392 e. The zero-order chi connectivity index (χ0) is 25.4. The maximum Gasteiger partial charge on any atom is 0.247 e. The van der Waals surface area contributed by atoms with Gasteiger partial charge in [-0.1, -0.05) is 56.3 Å². The van der Waals surface area contributed by atoms with Crippen molar-refractivity contribution in [2.75, 3.05) is 19.6 Å². The molecule has 2 aromatic carbocycles. The predicted octanol–water partition coefficient (Wildman–Crippen LogP) is 2.15. The fraction of sp³-hybridized carbons (Fsp3) is 0.519. The molecule has 36 heavy (non-hydrogen) atoms. The number of nitrogens with zero attached hydrogens (tertiary/aromatic N) is 1. The van der Waals surface area contributed by atoms with Gasteiger partial charge in [0.15, 0.2) is 0 Å². The van der Waals surface area contributed by atoms with Gasteiger partial charge in [-0.25, -0.2) is 0 Å². The molecule has 3 amide bonds. The van der Waals surface area contributed by atoms with Gasteiger partial charge in [-0.15, -0.1) is 12.4 Å². The fourth-order valence-electron chi connectivity index (χ4n) is 4.65. The van der Waals surface area contributed by atoms with Crippen molar-refractivity contribution in [1.82, 2.24) is 15.5 Å². The Bertz CT molecular complexity index is 1030. The van der Waals surface area contributed by atoms with Crippen LogP contribution in [0.5, 0.6) is 0 Å². The number of fused-ring (bicyclic) bond motifs is 1. The molecule has 1 saturated heterocycles. The van der Waals surface area contributed by atoms with Crippen molar-refractivity contribution in [1.29, 1.82) is 0 Å². The van der Waals surface area contributed by atoms with E-state index in [1.165, 1.54) is 4.90 Å². The summed E-state index contributed by atoms with van der Waals surface area (Å²) in [4.78, 5) is 42.0. The number of aliphatic hydroxyl groups is 1. The molecule has 9 heteroatoms. The average molecular weight is 519 g/mol. The molecule has 3 rings (SSSR count). The van der Waals surface area contributed by atoms with Gasteiger partial charge in [0, 0.05) is 25.4 Å². The number of rotatable bonds is 11. The van der Waals surface area contributed by atoms with Gasteiger partial charge in [-0.05, 0) is 48.6 Å². The number of nitrogens with two attached hydrogens (primary N) is 1. The predicted molar refractivity (Wildman–Crippen MR) is 144 cm³/mol. The Balaban J connectivity index is 0.00000456. The Kier molecular flexibility index (Phi) is 11.8. The minimum absolute atomic E-state index is 0. The highest BCUT2D eigenvalue weighted by atomic mass is 35.5. The van der Waals surface area contributed by atoms with E-state index in [1.54, 1.807) is 0 Å². The summed E-state index contributed by atoms with van der Waals surface area (Å²) in [5, 5.41) is 18.0. The first-order valence-electron chi connectivity index (χ1n) is 12.6. The number of carbonyl (C=O) groups excluding carboxylic acids is 3. The van der Waals surface area contributed by atoms with Gasteiger partial charge in [0.1, 0.15) is 6.04 Å². The molecule has 198 valence electrons. The molecule has 0 aromatic heterocycles. The minimum atomic E-state index is -1.01. The summed E-state index contributed by atoms with van der Waals surface area (Å²) < 4.78 is 0. The van der Waals surface area contributed by atoms with Crippen LogP contribution in [0.25, 0.3) is 10.8 Å². The molecule has 0 bridgehead atoms. The van der Waals surface area contributed by atoms with Gasteiger partial charge in [0.2, 0.25) is 17.7 Å². The Morgan fingerprint density at radius 2 is 1.83 bits per heavy atom. The Morgan fingerprint density at radius 3 is 2.44 bits per heavy atom. The molecule has 1 aliphatic heterocycles. The number of β-amino-alcohol motifs (C(OH)–C–C–N with tert-alkyl or cyclic N) is 1. The number of carbonyl (C=O) groups is 3. The molecule has 0 aliphatic carbocycles. The number of hydrogen-bond acceptors (Lipinski definition) is 6. The van der Waals surface area contributed by atoms with Crippen LogP contribution in [0.15, 0.2) is 42.5 Å². The molecule has 1 fully saturated rings. The van der Waals surface area contributed by atoms with Crippen LogP contribution in [0.3, 0.4) is 0 Å². The smallest absolute Gasteiger partial charge is 0.247 e. The van der Waals surface area contributed by atoms with E-state index in [4.69, 9.17) is 5.73 Å². The summed E-state index contributed by atoms with van der Waals surface area (Å²) in [5.74, 6) is -1.56. The first kappa shape index (κ1) is 29.7. The molecule has 8 nitrogen and oxygen atoms in total. The lowest BCUT2D eigenvalue weighted by Crippen LogP contribution is -2.58. The third-order valence-electron chi connectivity index (χ3n) is 6.75. The molecule has 0 radical (unpaired) electrons. The highest BCUT2D eigenvalue weighted by Crippen LogP contribution is 2.23. The molecule has 1 heterocycles. The van der Waals surface area contributed by atoms with Crippen molar-refractivity contribution in [3.8, 4) is 0 Å². The average Bonchev–Trinajstić information content (AvgIpc) is 3.30. The van der Waals surface area contributed by atoms with E-state index in [0.717, 1.165) is 16.3 Å². The first-order chi connectivity index (χ1) is 16.9. The van der Waals surface area contributed by atoms with Crippen LogP contribution in [0.4, 0.5) is 0 Å². The summed E-state index contributed by atoms with van der Waals surface area (Å²) in [6, 6.07) is 12.1. The monoisotopic (exact) mass is 518 g/mol. The van der Waals surface area contributed by atoms with Crippen LogP contribution in [0.1, 0.15) is 45.1 Å². The van der Waals surface area contributed by atoms with Crippen LogP contribution < -0.4 is 16.4 Å². The normalized spacial score (nSPS) is 18.0. The van der Waals surface area contributed by atoms with Gasteiger partial charge >= 0.3 is 0 Å². The van der Waals surface area contributed by atoms with Crippen molar-refractivity contribution in [3.05, 3.63) is 48.0 Å². The van der Waals surface area contributed by atoms with Crippen LogP contribution in [0.2, 0.25) is 0 Å².